The van der Waals surface area contributed by atoms with Crippen molar-refractivity contribution in [2.24, 2.45) is 5.41 Å². The number of urea groups is 1. The highest BCUT2D eigenvalue weighted by Crippen LogP contribution is 2.44. The molecular weight excluding hydrogens is 376 g/mol. The van der Waals surface area contributed by atoms with Crippen LogP contribution in [0.15, 0.2) is 12.2 Å². The van der Waals surface area contributed by atoms with Crippen LogP contribution in [0.5, 0.6) is 0 Å². The van der Waals surface area contributed by atoms with Crippen LogP contribution in [0.2, 0.25) is 0 Å². The van der Waals surface area contributed by atoms with Crippen molar-refractivity contribution in [1.29, 1.82) is 0 Å². The molecule has 1 spiro atoms. The lowest BCUT2D eigenvalue weighted by Crippen LogP contribution is -2.63. The Morgan fingerprint density at radius 1 is 0.964 bits per heavy atom. The number of hydrogen-bond donors (Lipinski definition) is 2. The molecule has 2 saturated carbocycles. The molecule has 0 aromatic rings. The van der Waals surface area contributed by atoms with Gasteiger partial charge in [-0.3, -0.25) is 4.79 Å². The molecule has 28 heavy (non-hydrogen) atoms. The zero-order valence-electron chi connectivity index (χ0n) is 16.5. The Balaban J connectivity index is 1.51. The highest BCUT2D eigenvalue weighted by molar-refractivity contribution is 7.92. The molecule has 6 nitrogen and oxygen atoms in total. The highest BCUT2D eigenvalue weighted by Gasteiger charge is 2.51. The molecule has 0 aromatic heterocycles. The molecular formula is C21H32N2O4S. The summed E-state index contributed by atoms with van der Waals surface area (Å²) in [5.41, 5.74) is -0.946. The minimum Gasteiger partial charge on any atom is -0.331 e. The molecule has 7 heteroatoms. The smallest absolute Gasteiger partial charge is 0.315 e. The standard InChI is InChI=1S/C21H32N2O4S/c24-16-9-14-20(10-3-1-4-11-20)18(16)22-19(25)23-21(12-5-2-6-13-21)17-8-7-15-28(17,26)27/h9,14,17-18H,1-8,10-13,15H2,(H2,22,23,25)/t17-,18-/m1/s1. The first-order valence-corrected chi connectivity index (χ1v) is 12.6. The summed E-state index contributed by atoms with van der Waals surface area (Å²) in [7, 11) is -3.18. The predicted molar refractivity (Wildman–Crippen MR) is 108 cm³/mol. The molecule has 1 aliphatic heterocycles. The maximum atomic E-state index is 13.0. The fraction of sp³-hybridized carbons (Fsp3) is 0.810. The first-order chi connectivity index (χ1) is 13.4. The lowest BCUT2D eigenvalue weighted by atomic mass is 9.71. The van der Waals surface area contributed by atoms with E-state index in [1.165, 1.54) is 6.42 Å². The first-order valence-electron chi connectivity index (χ1n) is 10.9. The largest absolute Gasteiger partial charge is 0.331 e. The third-order valence-electron chi connectivity index (χ3n) is 7.55. The second-order valence-electron chi connectivity index (χ2n) is 9.28. The number of nitrogens with one attached hydrogen (secondary N) is 2. The van der Waals surface area contributed by atoms with E-state index in [4.69, 9.17) is 0 Å². The van der Waals surface area contributed by atoms with Crippen molar-refractivity contribution in [1.82, 2.24) is 10.6 Å². The number of hydrogen-bond acceptors (Lipinski definition) is 4. The Morgan fingerprint density at radius 2 is 1.61 bits per heavy atom. The number of amides is 2. The van der Waals surface area contributed by atoms with Crippen LogP contribution in [-0.2, 0) is 14.6 Å². The Bertz CT molecular complexity index is 761. The molecule has 2 N–H and O–H groups in total. The summed E-state index contributed by atoms with van der Waals surface area (Å²) in [6, 6.07) is -0.898. The van der Waals surface area contributed by atoms with Crippen LogP contribution < -0.4 is 10.6 Å². The van der Waals surface area contributed by atoms with Crippen LogP contribution in [-0.4, -0.2) is 42.8 Å². The average molecular weight is 409 g/mol. The molecule has 3 aliphatic carbocycles. The van der Waals surface area contributed by atoms with E-state index in [0.717, 1.165) is 44.9 Å². The fourth-order valence-corrected chi connectivity index (χ4v) is 8.48. The van der Waals surface area contributed by atoms with Crippen LogP contribution in [0.3, 0.4) is 0 Å². The zero-order valence-corrected chi connectivity index (χ0v) is 17.4. The minimum absolute atomic E-state index is 0.0387. The van der Waals surface area contributed by atoms with E-state index in [2.05, 4.69) is 10.6 Å². The van der Waals surface area contributed by atoms with E-state index >= 15 is 0 Å². The number of sulfone groups is 1. The summed E-state index contributed by atoms with van der Waals surface area (Å²) in [6.45, 7) is 0. The summed E-state index contributed by atoms with van der Waals surface area (Å²) in [5, 5.41) is 5.55. The molecule has 3 fully saturated rings. The molecule has 0 unspecified atom stereocenters. The molecule has 1 heterocycles. The molecule has 4 aliphatic rings. The molecule has 1 saturated heterocycles. The van der Waals surface area contributed by atoms with Gasteiger partial charge in [0, 0.05) is 5.41 Å². The molecule has 0 bridgehead atoms. The Kier molecular flexibility index (Phi) is 5.31. The Morgan fingerprint density at radius 3 is 2.21 bits per heavy atom. The van der Waals surface area contributed by atoms with Gasteiger partial charge >= 0.3 is 6.03 Å². The van der Waals surface area contributed by atoms with E-state index in [0.29, 0.717) is 25.7 Å². The van der Waals surface area contributed by atoms with E-state index in [-0.39, 0.29) is 23.0 Å². The quantitative estimate of drug-likeness (QED) is 0.751. The maximum Gasteiger partial charge on any atom is 0.315 e. The lowest BCUT2D eigenvalue weighted by molar-refractivity contribution is -0.117. The van der Waals surface area contributed by atoms with Gasteiger partial charge in [-0.15, -0.1) is 0 Å². The minimum atomic E-state index is -3.18. The van der Waals surface area contributed by atoms with E-state index in [1.54, 1.807) is 6.08 Å². The molecule has 0 aromatic carbocycles. The normalized spacial score (nSPS) is 33.1. The van der Waals surface area contributed by atoms with Crippen molar-refractivity contribution in [3.63, 3.8) is 0 Å². The van der Waals surface area contributed by atoms with Gasteiger partial charge in [0.2, 0.25) is 0 Å². The monoisotopic (exact) mass is 408 g/mol. The molecule has 0 radical (unpaired) electrons. The lowest BCUT2D eigenvalue weighted by Gasteiger charge is -2.43. The van der Waals surface area contributed by atoms with Crippen molar-refractivity contribution in [2.45, 2.75) is 93.9 Å². The molecule has 2 atom stereocenters. The SMILES string of the molecule is O=C(N[C@@H]1C(=O)C=CC12CCCCC2)NC1([C@H]2CCCS2(=O)=O)CCCCC1. The third-order valence-corrected chi connectivity index (χ3v) is 9.96. The number of carbonyl (C=O) groups excluding carboxylic acids is 2. The topological polar surface area (TPSA) is 92.3 Å². The van der Waals surface area contributed by atoms with Gasteiger partial charge in [0.1, 0.15) is 6.04 Å². The van der Waals surface area contributed by atoms with Gasteiger partial charge in [0.15, 0.2) is 15.6 Å². The van der Waals surface area contributed by atoms with Gasteiger partial charge in [-0.2, -0.15) is 0 Å². The number of ketones is 1. The summed E-state index contributed by atoms with van der Waals surface area (Å²) < 4.78 is 25.3. The van der Waals surface area contributed by atoms with Gasteiger partial charge in [-0.25, -0.2) is 13.2 Å². The maximum absolute atomic E-state index is 13.0. The van der Waals surface area contributed by atoms with Crippen molar-refractivity contribution >= 4 is 21.7 Å². The van der Waals surface area contributed by atoms with E-state index < -0.39 is 26.7 Å². The summed E-state index contributed by atoms with van der Waals surface area (Å²) in [6.07, 6.45) is 14.4. The van der Waals surface area contributed by atoms with Gasteiger partial charge in [0.25, 0.3) is 0 Å². The average Bonchev–Trinajstić information content (AvgIpc) is 3.18. The summed E-state index contributed by atoms with van der Waals surface area (Å²) in [4.78, 5) is 25.5. The number of rotatable bonds is 3. The van der Waals surface area contributed by atoms with Gasteiger partial charge in [-0.05, 0) is 44.6 Å². The Labute approximate surface area is 167 Å². The van der Waals surface area contributed by atoms with Crippen LogP contribution in [0, 0.1) is 5.41 Å². The third kappa shape index (κ3) is 3.51. The van der Waals surface area contributed by atoms with Crippen molar-refractivity contribution in [3.05, 3.63) is 12.2 Å². The molecule has 156 valence electrons. The van der Waals surface area contributed by atoms with Gasteiger partial charge < -0.3 is 10.6 Å². The highest BCUT2D eigenvalue weighted by atomic mass is 32.2. The van der Waals surface area contributed by atoms with E-state index in [1.807, 2.05) is 6.08 Å². The number of carbonyl (C=O) groups is 2. The van der Waals surface area contributed by atoms with Gasteiger partial charge in [0.05, 0.1) is 16.5 Å². The van der Waals surface area contributed by atoms with Crippen LogP contribution >= 0.6 is 0 Å². The second-order valence-corrected chi connectivity index (χ2v) is 11.6. The Hall–Kier alpha value is -1.37. The van der Waals surface area contributed by atoms with Crippen molar-refractivity contribution in [3.8, 4) is 0 Å². The molecule has 2 amide bonds. The molecule has 4 rings (SSSR count). The van der Waals surface area contributed by atoms with Crippen molar-refractivity contribution < 1.29 is 18.0 Å². The first kappa shape index (κ1) is 19.9. The van der Waals surface area contributed by atoms with Gasteiger partial charge in [-0.1, -0.05) is 44.6 Å². The summed E-state index contributed by atoms with van der Waals surface area (Å²) in [5.74, 6) is 0.180. The predicted octanol–water partition coefficient (Wildman–Crippen LogP) is 3.02. The zero-order chi connectivity index (χ0) is 19.8. The van der Waals surface area contributed by atoms with E-state index in [9.17, 15) is 18.0 Å². The summed E-state index contributed by atoms with van der Waals surface area (Å²) >= 11 is 0. The second kappa shape index (κ2) is 7.47. The van der Waals surface area contributed by atoms with Crippen molar-refractivity contribution in [2.75, 3.05) is 5.75 Å². The van der Waals surface area contributed by atoms with Crippen LogP contribution in [0.4, 0.5) is 4.79 Å². The van der Waals surface area contributed by atoms with Crippen LogP contribution in [0.25, 0.3) is 0 Å². The van der Waals surface area contributed by atoms with Crippen LogP contribution in [0.1, 0.15) is 77.0 Å². The fourth-order valence-electron chi connectivity index (χ4n) is 6.12.